The number of terminal acetylenes is 1. The summed E-state index contributed by atoms with van der Waals surface area (Å²) >= 11 is 0. The van der Waals surface area contributed by atoms with Gasteiger partial charge in [0.05, 0.1) is 33.0 Å². The van der Waals surface area contributed by atoms with E-state index in [0.29, 0.717) is 37.3 Å². The van der Waals surface area contributed by atoms with Crippen molar-refractivity contribution in [1.82, 2.24) is 10.2 Å². The van der Waals surface area contributed by atoms with Gasteiger partial charge in [0.1, 0.15) is 0 Å². The molecular weight excluding hydrogens is 312 g/mol. The number of nitrogens with one attached hydrogen (secondary N) is 1. The molecule has 0 bridgehead atoms. The maximum atomic E-state index is 11.8. The predicted octanol–water partition coefficient (Wildman–Crippen LogP) is 0.254. The van der Waals surface area contributed by atoms with Gasteiger partial charge in [-0.3, -0.25) is 19.3 Å². The topological polar surface area (TPSA) is 84.9 Å². The summed E-state index contributed by atoms with van der Waals surface area (Å²) in [5, 5.41) is 2.70. The zero-order chi connectivity index (χ0) is 17.9. The number of carbonyl (C=O) groups excluding carboxylic acids is 3. The molecule has 1 N–H and O–H groups in total. The summed E-state index contributed by atoms with van der Waals surface area (Å²) in [5.74, 6) is 1.77. The molecule has 1 rings (SSSR count). The fourth-order valence-corrected chi connectivity index (χ4v) is 2.03. The molecular formula is C17H24N2O5. The maximum Gasteiger partial charge on any atom is 0.256 e. The summed E-state index contributed by atoms with van der Waals surface area (Å²) in [7, 11) is 0. The van der Waals surface area contributed by atoms with E-state index in [-0.39, 0.29) is 43.9 Å². The number of rotatable bonds is 11. The van der Waals surface area contributed by atoms with Crippen molar-refractivity contribution in [1.29, 1.82) is 0 Å². The molecule has 0 spiro atoms. The molecule has 0 atom stereocenters. The Morgan fingerprint density at radius 2 is 1.71 bits per heavy atom. The Morgan fingerprint density at radius 3 is 2.33 bits per heavy atom. The van der Waals surface area contributed by atoms with Crippen molar-refractivity contribution >= 4 is 17.7 Å². The van der Waals surface area contributed by atoms with E-state index in [1.165, 1.54) is 0 Å². The molecule has 0 fully saturated rings. The quantitative estimate of drug-likeness (QED) is 0.332. The number of carbonyl (C=O) groups is 3. The molecule has 1 aliphatic rings. The minimum atomic E-state index is -0.274. The van der Waals surface area contributed by atoms with Gasteiger partial charge in [-0.25, -0.2) is 0 Å². The molecule has 0 unspecified atom stereocenters. The van der Waals surface area contributed by atoms with E-state index in [2.05, 4.69) is 11.2 Å². The standard InChI is InChI=1S/C17H24N2O5/c1-4-5-9-23-11-7-18-15(20)6-10-24-12-8-19-16(21)13(2)14(3)17(19)22/h1H,5-12H2,2-3H3,(H,18,20). The van der Waals surface area contributed by atoms with Crippen LogP contribution in [0.15, 0.2) is 11.1 Å². The van der Waals surface area contributed by atoms with Gasteiger partial charge in [0.2, 0.25) is 5.91 Å². The molecule has 0 aromatic carbocycles. The molecule has 3 amide bonds. The summed E-state index contributed by atoms with van der Waals surface area (Å²) in [6.07, 6.45) is 5.85. The van der Waals surface area contributed by atoms with Gasteiger partial charge in [-0.15, -0.1) is 12.3 Å². The maximum absolute atomic E-state index is 11.8. The lowest BCUT2D eigenvalue weighted by Gasteiger charge is -2.14. The van der Waals surface area contributed by atoms with Gasteiger partial charge in [0.15, 0.2) is 0 Å². The van der Waals surface area contributed by atoms with E-state index < -0.39 is 0 Å². The van der Waals surface area contributed by atoms with Crippen LogP contribution in [0.25, 0.3) is 0 Å². The summed E-state index contributed by atoms with van der Waals surface area (Å²) in [6.45, 7) is 5.22. The number of hydrogen-bond acceptors (Lipinski definition) is 5. The van der Waals surface area contributed by atoms with Gasteiger partial charge in [-0.1, -0.05) is 0 Å². The van der Waals surface area contributed by atoms with Gasteiger partial charge in [-0.2, -0.15) is 0 Å². The van der Waals surface area contributed by atoms with Gasteiger partial charge in [-0.05, 0) is 13.8 Å². The summed E-state index contributed by atoms with van der Waals surface area (Å²) < 4.78 is 10.5. The molecule has 1 aliphatic heterocycles. The van der Waals surface area contributed by atoms with Crippen LogP contribution in [-0.4, -0.2) is 62.1 Å². The Bertz CT molecular complexity index is 524. The lowest BCUT2D eigenvalue weighted by atomic mass is 10.2. The third-order valence-corrected chi connectivity index (χ3v) is 3.59. The van der Waals surface area contributed by atoms with E-state index in [1.54, 1.807) is 13.8 Å². The van der Waals surface area contributed by atoms with Crippen molar-refractivity contribution in [3.63, 3.8) is 0 Å². The minimum absolute atomic E-state index is 0.141. The van der Waals surface area contributed by atoms with Crippen LogP contribution in [0.2, 0.25) is 0 Å². The van der Waals surface area contributed by atoms with Crippen LogP contribution in [0.4, 0.5) is 0 Å². The first-order valence-corrected chi connectivity index (χ1v) is 7.88. The first-order chi connectivity index (χ1) is 11.5. The summed E-state index contributed by atoms with van der Waals surface area (Å²) in [6, 6.07) is 0. The lowest BCUT2D eigenvalue weighted by molar-refractivity contribution is -0.138. The minimum Gasteiger partial charge on any atom is -0.379 e. The molecule has 132 valence electrons. The number of ether oxygens (including phenoxy) is 2. The van der Waals surface area contributed by atoms with Crippen LogP contribution in [0, 0.1) is 12.3 Å². The zero-order valence-electron chi connectivity index (χ0n) is 14.2. The molecule has 0 radical (unpaired) electrons. The first-order valence-electron chi connectivity index (χ1n) is 7.88. The highest BCUT2D eigenvalue weighted by atomic mass is 16.5. The Labute approximate surface area is 142 Å². The molecule has 0 aliphatic carbocycles. The van der Waals surface area contributed by atoms with E-state index in [1.807, 2.05) is 0 Å². The average Bonchev–Trinajstić information content (AvgIpc) is 2.75. The highest BCUT2D eigenvalue weighted by Gasteiger charge is 2.32. The smallest absolute Gasteiger partial charge is 0.256 e. The zero-order valence-corrected chi connectivity index (χ0v) is 14.2. The second-order valence-corrected chi connectivity index (χ2v) is 5.29. The molecule has 0 aromatic rings. The Balaban J connectivity index is 2.04. The van der Waals surface area contributed by atoms with Crippen molar-refractivity contribution in [2.75, 3.05) is 39.5 Å². The Kier molecular flexibility index (Phi) is 8.76. The summed E-state index contributed by atoms with van der Waals surface area (Å²) in [5.41, 5.74) is 0.952. The number of nitrogens with zero attached hydrogens (tertiary/aromatic N) is 1. The number of imide groups is 1. The average molecular weight is 336 g/mol. The number of amides is 3. The molecule has 7 nitrogen and oxygen atoms in total. The normalized spacial score (nSPS) is 14.3. The van der Waals surface area contributed by atoms with Crippen LogP contribution < -0.4 is 5.32 Å². The van der Waals surface area contributed by atoms with Crippen LogP contribution in [0.5, 0.6) is 0 Å². The van der Waals surface area contributed by atoms with Crippen molar-refractivity contribution in [3.8, 4) is 12.3 Å². The fraction of sp³-hybridized carbons (Fsp3) is 0.588. The SMILES string of the molecule is C#CCCOCCNC(=O)CCOCCN1C(=O)C(C)=C(C)C1=O. The Morgan fingerprint density at radius 1 is 1.08 bits per heavy atom. The second-order valence-electron chi connectivity index (χ2n) is 5.29. The molecule has 1 heterocycles. The van der Waals surface area contributed by atoms with E-state index in [4.69, 9.17) is 15.9 Å². The van der Waals surface area contributed by atoms with Crippen molar-refractivity contribution in [2.45, 2.75) is 26.7 Å². The van der Waals surface area contributed by atoms with Crippen LogP contribution >= 0.6 is 0 Å². The van der Waals surface area contributed by atoms with E-state index in [0.717, 1.165) is 4.90 Å². The van der Waals surface area contributed by atoms with Gasteiger partial charge in [0, 0.05) is 30.5 Å². The van der Waals surface area contributed by atoms with Gasteiger partial charge >= 0.3 is 0 Å². The highest BCUT2D eigenvalue weighted by molar-refractivity contribution is 6.18. The van der Waals surface area contributed by atoms with Gasteiger partial charge < -0.3 is 14.8 Å². The highest BCUT2D eigenvalue weighted by Crippen LogP contribution is 2.18. The largest absolute Gasteiger partial charge is 0.379 e. The molecule has 0 aromatic heterocycles. The lowest BCUT2D eigenvalue weighted by Crippen LogP contribution is -2.35. The van der Waals surface area contributed by atoms with Crippen LogP contribution in [0.1, 0.15) is 26.7 Å². The molecule has 7 heteroatoms. The third kappa shape index (κ3) is 6.14. The van der Waals surface area contributed by atoms with Crippen LogP contribution in [0.3, 0.4) is 0 Å². The molecule has 0 saturated heterocycles. The van der Waals surface area contributed by atoms with E-state index in [9.17, 15) is 14.4 Å². The number of hydrogen-bond donors (Lipinski definition) is 1. The Hall–Kier alpha value is -2.17. The predicted molar refractivity (Wildman–Crippen MR) is 87.8 cm³/mol. The fourth-order valence-electron chi connectivity index (χ4n) is 2.03. The third-order valence-electron chi connectivity index (χ3n) is 3.59. The van der Waals surface area contributed by atoms with Crippen molar-refractivity contribution in [3.05, 3.63) is 11.1 Å². The van der Waals surface area contributed by atoms with Crippen LogP contribution in [-0.2, 0) is 23.9 Å². The monoisotopic (exact) mass is 336 g/mol. The summed E-state index contributed by atoms with van der Waals surface area (Å²) in [4.78, 5) is 36.3. The first kappa shape index (κ1) is 19.9. The van der Waals surface area contributed by atoms with Crippen molar-refractivity contribution in [2.24, 2.45) is 0 Å². The molecule has 0 saturated carbocycles. The molecule has 24 heavy (non-hydrogen) atoms. The van der Waals surface area contributed by atoms with E-state index >= 15 is 0 Å². The second kappa shape index (κ2) is 10.6. The van der Waals surface area contributed by atoms with Crippen molar-refractivity contribution < 1.29 is 23.9 Å². The van der Waals surface area contributed by atoms with Gasteiger partial charge in [0.25, 0.3) is 11.8 Å².